The molecule has 0 fully saturated rings. The van der Waals surface area contributed by atoms with Gasteiger partial charge in [-0.05, 0) is 30.5 Å². The van der Waals surface area contributed by atoms with Crippen molar-refractivity contribution in [2.24, 2.45) is 4.99 Å². The van der Waals surface area contributed by atoms with Crippen molar-refractivity contribution in [2.75, 3.05) is 7.05 Å². The van der Waals surface area contributed by atoms with Crippen molar-refractivity contribution in [2.45, 2.75) is 39.8 Å². The number of pyridine rings is 1. The van der Waals surface area contributed by atoms with Gasteiger partial charge in [0.15, 0.2) is 5.96 Å². The molecule has 3 aromatic heterocycles. The Hall–Kier alpha value is -1.68. The number of imidazole rings is 1. The first-order valence-electron chi connectivity index (χ1n) is 8.38. The molecule has 0 unspecified atom stereocenters. The lowest BCUT2D eigenvalue weighted by atomic mass is 10.2. The molecule has 0 aliphatic carbocycles. The highest BCUT2D eigenvalue weighted by Gasteiger charge is 2.07. The third kappa shape index (κ3) is 5.16. The topological polar surface area (TPSA) is 66.6 Å². The second-order valence-electron chi connectivity index (χ2n) is 6.30. The molecule has 6 nitrogen and oxygen atoms in total. The van der Waals surface area contributed by atoms with Crippen LogP contribution in [-0.2, 0) is 13.1 Å². The molecule has 0 atom stereocenters. The maximum Gasteiger partial charge on any atom is 0.191 e. The zero-order valence-electron chi connectivity index (χ0n) is 15.5. The molecule has 2 N–H and O–H groups in total. The van der Waals surface area contributed by atoms with Crippen LogP contribution in [0.2, 0.25) is 0 Å². The standard InChI is InChI=1S/C18H24N6S.HI/c1-12(2)15-11-25-17(23-15)9-21-18(19-4)20-8-14-10-24-6-5-13(3)7-16(24)22-14;/h5-7,10-12H,8-9H2,1-4H3,(H2,19,20,21);1H. The molecule has 3 aromatic rings. The van der Waals surface area contributed by atoms with E-state index in [2.05, 4.69) is 63.9 Å². The number of fused-ring (bicyclic) bond motifs is 1. The first kappa shape index (κ1) is 20.6. The summed E-state index contributed by atoms with van der Waals surface area (Å²) < 4.78 is 2.03. The molecule has 0 aromatic carbocycles. The third-order valence-corrected chi connectivity index (χ3v) is 4.76. The fraction of sp³-hybridized carbons (Fsp3) is 0.389. The van der Waals surface area contributed by atoms with Crippen molar-refractivity contribution in [3.05, 3.63) is 51.9 Å². The average Bonchev–Trinajstić information content (AvgIpc) is 3.21. The first-order chi connectivity index (χ1) is 12.0. The van der Waals surface area contributed by atoms with E-state index >= 15 is 0 Å². The Morgan fingerprint density at radius 1 is 1.27 bits per heavy atom. The predicted molar refractivity (Wildman–Crippen MR) is 119 cm³/mol. The van der Waals surface area contributed by atoms with Crippen LogP contribution in [0.25, 0.3) is 5.65 Å². The summed E-state index contributed by atoms with van der Waals surface area (Å²) >= 11 is 1.68. The van der Waals surface area contributed by atoms with Gasteiger partial charge in [-0.25, -0.2) is 9.97 Å². The van der Waals surface area contributed by atoms with Gasteiger partial charge in [0.05, 0.1) is 24.5 Å². The molecular formula is C18H25IN6S. The molecule has 0 aliphatic heterocycles. The van der Waals surface area contributed by atoms with Gasteiger partial charge in [-0.3, -0.25) is 4.99 Å². The average molecular weight is 484 g/mol. The lowest BCUT2D eigenvalue weighted by Gasteiger charge is -2.09. The van der Waals surface area contributed by atoms with E-state index in [-0.39, 0.29) is 24.0 Å². The number of rotatable bonds is 5. The molecule has 26 heavy (non-hydrogen) atoms. The lowest BCUT2D eigenvalue weighted by Crippen LogP contribution is -2.36. The van der Waals surface area contributed by atoms with E-state index in [1.165, 1.54) is 5.56 Å². The molecule has 0 saturated heterocycles. The van der Waals surface area contributed by atoms with Crippen LogP contribution in [0.3, 0.4) is 0 Å². The maximum absolute atomic E-state index is 4.63. The molecule has 3 heterocycles. The predicted octanol–water partition coefficient (Wildman–Crippen LogP) is 3.71. The Morgan fingerprint density at radius 2 is 2.04 bits per heavy atom. The Labute approximate surface area is 175 Å². The van der Waals surface area contributed by atoms with Crippen molar-refractivity contribution < 1.29 is 0 Å². The minimum absolute atomic E-state index is 0. The minimum Gasteiger partial charge on any atom is -0.351 e. The quantitative estimate of drug-likeness (QED) is 0.329. The Balaban J connectivity index is 0.00000243. The van der Waals surface area contributed by atoms with Gasteiger partial charge in [0.2, 0.25) is 0 Å². The van der Waals surface area contributed by atoms with E-state index in [1.807, 2.05) is 16.8 Å². The number of hydrogen-bond donors (Lipinski definition) is 2. The first-order valence-corrected chi connectivity index (χ1v) is 9.26. The van der Waals surface area contributed by atoms with Crippen LogP contribution in [0.4, 0.5) is 0 Å². The molecule has 3 rings (SSSR count). The van der Waals surface area contributed by atoms with E-state index in [1.54, 1.807) is 18.4 Å². The van der Waals surface area contributed by atoms with Gasteiger partial charge in [-0.2, -0.15) is 0 Å². The zero-order valence-corrected chi connectivity index (χ0v) is 18.6. The molecule has 0 bridgehead atoms. The highest BCUT2D eigenvalue weighted by atomic mass is 127. The highest BCUT2D eigenvalue weighted by Crippen LogP contribution is 2.17. The van der Waals surface area contributed by atoms with Crippen molar-refractivity contribution in [3.63, 3.8) is 0 Å². The van der Waals surface area contributed by atoms with Gasteiger partial charge in [0.1, 0.15) is 10.7 Å². The SMILES string of the molecule is CN=C(NCc1cn2ccc(C)cc2n1)NCc1nc(C(C)C)cs1.I. The molecule has 8 heteroatoms. The van der Waals surface area contributed by atoms with Crippen LogP contribution in [0.15, 0.2) is 34.9 Å². The number of nitrogens with one attached hydrogen (secondary N) is 2. The van der Waals surface area contributed by atoms with Gasteiger partial charge >= 0.3 is 0 Å². The molecule has 0 spiro atoms. The molecular weight excluding hydrogens is 459 g/mol. The van der Waals surface area contributed by atoms with Crippen LogP contribution < -0.4 is 10.6 Å². The normalized spacial score (nSPS) is 11.7. The van der Waals surface area contributed by atoms with Gasteiger partial charge in [-0.15, -0.1) is 35.3 Å². The summed E-state index contributed by atoms with van der Waals surface area (Å²) in [5.41, 5.74) is 4.29. The van der Waals surface area contributed by atoms with E-state index in [9.17, 15) is 0 Å². The fourth-order valence-corrected chi connectivity index (χ4v) is 3.34. The van der Waals surface area contributed by atoms with Crippen LogP contribution >= 0.6 is 35.3 Å². The van der Waals surface area contributed by atoms with Crippen LogP contribution in [0.1, 0.15) is 41.7 Å². The van der Waals surface area contributed by atoms with Crippen molar-refractivity contribution >= 4 is 46.9 Å². The van der Waals surface area contributed by atoms with E-state index in [0.717, 1.165) is 28.0 Å². The number of halogens is 1. The van der Waals surface area contributed by atoms with E-state index < -0.39 is 0 Å². The van der Waals surface area contributed by atoms with Gasteiger partial charge in [-0.1, -0.05) is 13.8 Å². The molecule has 0 radical (unpaired) electrons. The summed E-state index contributed by atoms with van der Waals surface area (Å²) in [4.78, 5) is 13.5. The number of guanidine groups is 1. The van der Waals surface area contributed by atoms with Gasteiger partial charge in [0.25, 0.3) is 0 Å². The van der Waals surface area contributed by atoms with Crippen LogP contribution in [0.5, 0.6) is 0 Å². The fourth-order valence-electron chi connectivity index (χ4n) is 2.45. The van der Waals surface area contributed by atoms with Gasteiger partial charge < -0.3 is 15.0 Å². The van der Waals surface area contributed by atoms with Crippen LogP contribution in [0, 0.1) is 6.92 Å². The number of nitrogens with zero attached hydrogens (tertiary/aromatic N) is 4. The van der Waals surface area contributed by atoms with Crippen LogP contribution in [-0.4, -0.2) is 27.4 Å². The Kier molecular flexibility index (Phi) is 7.39. The number of aryl methyl sites for hydroxylation is 1. The maximum atomic E-state index is 4.63. The zero-order chi connectivity index (χ0) is 17.8. The molecule has 140 valence electrons. The Morgan fingerprint density at radius 3 is 2.73 bits per heavy atom. The number of thiazole rings is 1. The van der Waals surface area contributed by atoms with Crippen molar-refractivity contribution in [1.82, 2.24) is 25.0 Å². The second-order valence-corrected chi connectivity index (χ2v) is 7.24. The minimum atomic E-state index is 0. The smallest absolute Gasteiger partial charge is 0.191 e. The third-order valence-electron chi connectivity index (χ3n) is 3.89. The largest absolute Gasteiger partial charge is 0.351 e. The molecule has 0 saturated carbocycles. The van der Waals surface area contributed by atoms with Crippen molar-refractivity contribution in [1.29, 1.82) is 0 Å². The number of aliphatic imine (C=N–C) groups is 1. The summed E-state index contributed by atoms with van der Waals surface area (Å²) in [5.74, 6) is 1.20. The summed E-state index contributed by atoms with van der Waals surface area (Å²) in [7, 11) is 1.77. The van der Waals surface area contributed by atoms with Gasteiger partial charge in [0, 0.05) is 24.8 Å². The molecule has 0 amide bonds. The van der Waals surface area contributed by atoms with Crippen molar-refractivity contribution in [3.8, 4) is 0 Å². The summed E-state index contributed by atoms with van der Waals surface area (Å²) in [6, 6.07) is 4.15. The monoisotopic (exact) mass is 484 g/mol. The van der Waals surface area contributed by atoms with E-state index in [0.29, 0.717) is 19.0 Å². The molecule has 0 aliphatic rings. The number of hydrogen-bond acceptors (Lipinski definition) is 4. The highest BCUT2D eigenvalue weighted by molar-refractivity contribution is 14.0. The Bertz CT molecular complexity index is 883. The summed E-state index contributed by atoms with van der Waals surface area (Å²) in [5, 5.41) is 9.79. The number of aromatic nitrogens is 3. The second kappa shape index (κ2) is 9.31. The summed E-state index contributed by atoms with van der Waals surface area (Å²) in [6.07, 6.45) is 4.06. The van der Waals surface area contributed by atoms with E-state index in [4.69, 9.17) is 0 Å². The lowest BCUT2D eigenvalue weighted by molar-refractivity contribution is 0.780. The summed E-state index contributed by atoms with van der Waals surface area (Å²) in [6.45, 7) is 7.67.